The summed E-state index contributed by atoms with van der Waals surface area (Å²) >= 11 is 0. The van der Waals surface area contributed by atoms with E-state index in [1.165, 1.54) is 0 Å². The van der Waals surface area contributed by atoms with E-state index in [2.05, 4.69) is 38.4 Å². The first-order chi connectivity index (χ1) is 8.79. The topological polar surface area (TPSA) is 74.8 Å². The zero-order valence-electron chi connectivity index (χ0n) is 10.9. The summed E-state index contributed by atoms with van der Waals surface area (Å²) in [7, 11) is 0. The minimum atomic E-state index is -0.111. The van der Waals surface area contributed by atoms with Gasteiger partial charge >= 0.3 is 0 Å². The maximum Gasteiger partial charge on any atom is 0.0953 e. The smallest absolute Gasteiger partial charge is 0.0953 e. The highest BCUT2D eigenvalue weighted by atomic mass is 16.3. The third kappa shape index (κ3) is 2.27. The SMILES string of the molecule is CCN1NNC2C(N3CCC(O)CC3)NCNC21. The molecular weight excluding hydrogens is 232 g/mol. The molecule has 104 valence electrons. The predicted molar refractivity (Wildman–Crippen MR) is 68.0 cm³/mol. The highest BCUT2D eigenvalue weighted by Crippen LogP contribution is 2.19. The fourth-order valence-electron chi connectivity index (χ4n) is 3.18. The lowest BCUT2D eigenvalue weighted by Crippen LogP contribution is -2.69. The molecule has 0 spiro atoms. The van der Waals surface area contributed by atoms with Crippen LogP contribution in [0.5, 0.6) is 0 Å². The van der Waals surface area contributed by atoms with Crippen LogP contribution < -0.4 is 21.6 Å². The quantitative estimate of drug-likeness (QED) is 0.390. The average molecular weight is 256 g/mol. The van der Waals surface area contributed by atoms with E-state index in [1.54, 1.807) is 0 Å². The van der Waals surface area contributed by atoms with Crippen molar-refractivity contribution in [3.63, 3.8) is 0 Å². The van der Waals surface area contributed by atoms with Crippen molar-refractivity contribution >= 4 is 0 Å². The molecule has 0 saturated carbocycles. The predicted octanol–water partition coefficient (Wildman–Crippen LogP) is -2.04. The van der Waals surface area contributed by atoms with Crippen LogP contribution in [0, 0.1) is 0 Å². The van der Waals surface area contributed by atoms with Gasteiger partial charge in [-0.05, 0) is 12.8 Å². The van der Waals surface area contributed by atoms with Gasteiger partial charge in [-0.25, -0.2) is 10.4 Å². The van der Waals surface area contributed by atoms with Crippen LogP contribution in [0.1, 0.15) is 19.8 Å². The van der Waals surface area contributed by atoms with Crippen molar-refractivity contribution in [3.8, 4) is 0 Å². The highest BCUT2D eigenvalue weighted by Gasteiger charge is 2.43. The summed E-state index contributed by atoms with van der Waals surface area (Å²) in [6.07, 6.45) is 2.31. The van der Waals surface area contributed by atoms with Crippen LogP contribution >= 0.6 is 0 Å². The molecule has 3 heterocycles. The van der Waals surface area contributed by atoms with E-state index in [-0.39, 0.29) is 6.10 Å². The van der Waals surface area contributed by atoms with Gasteiger partial charge in [0.25, 0.3) is 0 Å². The van der Waals surface area contributed by atoms with E-state index >= 15 is 0 Å². The molecule has 7 nitrogen and oxygen atoms in total. The summed E-state index contributed by atoms with van der Waals surface area (Å²) in [6.45, 7) is 5.87. The second-order valence-electron chi connectivity index (χ2n) is 5.31. The number of hydrogen-bond donors (Lipinski definition) is 5. The van der Waals surface area contributed by atoms with Gasteiger partial charge in [0.1, 0.15) is 0 Å². The van der Waals surface area contributed by atoms with Gasteiger partial charge in [0.15, 0.2) is 0 Å². The van der Waals surface area contributed by atoms with Crippen LogP contribution in [-0.2, 0) is 0 Å². The number of hydrazine groups is 2. The Morgan fingerprint density at radius 1 is 1.17 bits per heavy atom. The molecule has 0 bridgehead atoms. The van der Waals surface area contributed by atoms with E-state index in [1.807, 2.05) is 0 Å². The van der Waals surface area contributed by atoms with Crippen molar-refractivity contribution in [2.75, 3.05) is 26.3 Å². The number of fused-ring (bicyclic) bond motifs is 1. The largest absolute Gasteiger partial charge is 0.393 e. The molecule has 0 amide bonds. The minimum Gasteiger partial charge on any atom is -0.393 e. The number of likely N-dealkylation sites (N-methyl/N-ethyl adjacent to an activating group) is 1. The second-order valence-corrected chi connectivity index (χ2v) is 5.31. The molecule has 18 heavy (non-hydrogen) atoms. The van der Waals surface area contributed by atoms with Gasteiger partial charge in [-0.1, -0.05) is 6.92 Å². The maximum absolute atomic E-state index is 9.60. The standard InChI is InChI=1S/C11H24N6O/c1-2-17-11-9(14-15-17)10(12-7-13-11)16-5-3-8(18)4-6-16/h8-15,18H,2-7H2,1H3. The average Bonchev–Trinajstić information content (AvgIpc) is 2.82. The van der Waals surface area contributed by atoms with E-state index in [0.29, 0.717) is 18.4 Å². The molecule has 0 aliphatic carbocycles. The van der Waals surface area contributed by atoms with Crippen LogP contribution in [0.15, 0.2) is 0 Å². The van der Waals surface area contributed by atoms with Crippen LogP contribution in [0.2, 0.25) is 0 Å². The van der Waals surface area contributed by atoms with Crippen molar-refractivity contribution < 1.29 is 5.11 Å². The monoisotopic (exact) mass is 256 g/mol. The van der Waals surface area contributed by atoms with Crippen molar-refractivity contribution in [2.45, 2.75) is 44.2 Å². The molecule has 0 aromatic carbocycles. The molecule has 3 atom stereocenters. The first-order valence-electron chi connectivity index (χ1n) is 6.96. The third-order valence-electron chi connectivity index (χ3n) is 4.25. The van der Waals surface area contributed by atoms with Crippen LogP contribution in [0.4, 0.5) is 0 Å². The Hall–Kier alpha value is -0.280. The van der Waals surface area contributed by atoms with Gasteiger partial charge in [0.2, 0.25) is 0 Å². The van der Waals surface area contributed by atoms with E-state index in [4.69, 9.17) is 0 Å². The number of piperidine rings is 1. The summed E-state index contributed by atoms with van der Waals surface area (Å²) in [5, 5.41) is 18.8. The van der Waals surface area contributed by atoms with Gasteiger partial charge < -0.3 is 5.11 Å². The Morgan fingerprint density at radius 3 is 2.61 bits per heavy atom. The van der Waals surface area contributed by atoms with E-state index in [9.17, 15) is 5.11 Å². The normalized spacial score (nSPS) is 40.0. The summed E-state index contributed by atoms with van der Waals surface area (Å²) in [4.78, 5) is 2.44. The third-order valence-corrected chi connectivity index (χ3v) is 4.25. The van der Waals surface area contributed by atoms with Gasteiger partial charge in [-0.3, -0.25) is 15.5 Å². The Morgan fingerprint density at radius 2 is 1.89 bits per heavy atom. The number of rotatable bonds is 2. The Labute approximate surface area is 108 Å². The molecule has 3 fully saturated rings. The first-order valence-corrected chi connectivity index (χ1v) is 6.96. The van der Waals surface area contributed by atoms with Gasteiger partial charge in [0.05, 0.1) is 24.5 Å². The summed E-state index contributed by atoms with van der Waals surface area (Å²) < 4.78 is 0. The molecule has 3 saturated heterocycles. The van der Waals surface area contributed by atoms with Crippen LogP contribution in [0.3, 0.4) is 0 Å². The molecule has 3 rings (SSSR count). The second kappa shape index (κ2) is 5.38. The number of nitrogens with one attached hydrogen (secondary N) is 4. The fourth-order valence-corrected chi connectivity index (χ4v) is 3.18. The molecule has 3 aliphatic heterocycles. The maximum atomic E-state index is 9.60. The lowest BCUT2D eigenvalue weighted by Gasteiger charge is -2.44. The number of aliphatic hydroxyl groups is 1. The fraction of sp³-hybridized carbons (Fsp3) is 1.00. The lowest BCUT2D eigenvalue weighted by molar-refractivity contribution is 0.0180. The Kier molecular flexibility index (Phi) is 3.81. The molecule has 7 heteroatoms. The first kappa shape index (κ1) is 12.7. The van der Waals surface area contributed by atoms with Crippen LogP contribution in [-0.4, -0.2) is 65.8 Å². The van der Waals surface area contributed by atoms with Crippen molar-refractivity contribution in [1.82, 2.24) is 31.5 Å². The van der Waals surface area contributed by atoms with Gasteiger partial charge in [-0.2, -0.15) is 5.53 Å². The molecule has 3 unspecified atom stereocenters. The number of hydrogen-bond acceptors (Lipinski definition) is 7. The molecular formula is C11H24N6O. The zero-order chi connectivity index (χ0) is 12.5. The number of nitrogens with zero attached hydrogens (tertiary/aromatic N) is 2. The van der Waals surface area contributed by atoms with Gasteiger partial charge in [-0.15, -0.1) is 0 Å². The highest BCUT2D eigenvalue weighted by molar-refractivity contribution is 4.97. The lowest BCUT2D eigenvalue weighted by atomic mass is 10.0. The Bertz CT molecular complexity index is 283. The van der Waals surface area contributed by atoms with Crippen molar-refractivity contribution in [2.24, 2.45) is 0 Å². The number of likely N-dealkylation sites (tertiary alicyclic amines) is 1. The molecule has 3 aliphatic rings. The van der Waals surface area contributed by atoms with Crippen LogP contribution in [0.25, 0.3) is 0 Å². The summed E-state index contributed by atoms with van der Waals surface area (Å²) in [6, 6.07) is 0.328. The summed E-state index contributed by atoms with van der Waals surface area (Å²) in [5.74, 6) is 0. The number of aliphatic hydroxyl groups excluding tert-OH is 1. The summed E-state index contributed by atoms with van der Waals surface area (Å²) in [5.41, 5.74) is 6.60. The zero-order valence-corrected chi connectivity index (χ0v) is 10.9. The van der Waals surface area contributed by atoms with Gasteiger partial charge in [0, 0.05) is 26.3 Å². The van der Waals surface area contributed by atoms with Crippen molar-refractivity contribution in [3.05, 3.63) is 0 Å². The molecule has 5 N–H and O–H groups in total. The molecule has 0 radical (unpaired) electrons. The van der Waals surface area contributed by atoms with Crippen molar-refractivity contribution in [1.29, 1.82) is 0 Å². The molecule has 0 aromatic rings. The molecule has 0 aromatic heterocycles. The van der Waals surface area contributed by atoms with E-state index in [0.717, 1.165) is 39.1 Å². The Balaban J connectivity index is 1.65. The minimum absolute atomic E-state index is 0.111. The van der Waals surface area contributed by atoms with E-state index < -0.39 is 0 Å².